The van der Waals surface area contributed by atoms with Crippen LogP contribution >= 0.6 is 0 Å². The Bertz CT molecular complexity index is 1050. The van der Waals surface area contributed by atoms with Gasteiger partial charge in [-0.05, 0) is 24.6 Å². The van der Waals surface area contributed by atoms with Crippen LogP contribution in [0.3, 0.4) is 0 Å². The number of para-hydroxylation sites is 1. The summed E-state index contributed by atoms with van der Waals surface area (Å²) in [7, 11) is 0. The van der Waals surface area contributed by atoms with Gasteiger partial charge in [-0.3, -0.25) is 9.59 Å². The summed E-state index contributed by atoms with van der Waals surface area (Å²) >= 11 is 0. The Labute approximate surface area is 161 Å². The van der Waals surface area contributed by atoms with Gasteiger partial charge in [0.15, 0.2) is 5.82 Å². The first-order chi connectivity index (χ1) is 13.6. The molecule has 0 saturated carbocycles. The van der Waals surface area contributed by atoms with Crippen LogP contribution in [0.25, 0.3) is 10.9 Å². The van der Waals surface area contributed by atoms with E-state index in [2.05, 4.69) is 10.4 Å². The lowest BCUT2D eigenvalue weighted by atomic mass is 10.0. The summed E-state index contributed by atoms with van der Waals surface area (Å²) in [5, 5.41) is 0.496. The van der Waals surface area contributed by atoms with Crippen molar-refractivity contribution in [1.29, 1.82) is 0 Å². The van der Waals surface area contributed by atoms with E-state index in [9.17, 15) is 9.59 Å². The van der Waals surface area contributed by atoms with E-state index in [0.29, 0.717) is 16.7 Å². The fourth-order valence-electron chi connectivity index (χ4n) is 3.31. The van der Waals surface area contributed by atoms with Crippen LogP contribution in [0.5, 0.6) is 0 Å². The number of benzene rings is 2. The molecule has 1 unspecified atom stereocenters. The topological polar surface area (TPSA) is 82.4 Å². The predicted octanol–water partition coefficient (Wildman–Crippen LogP) is 2.71. The Morgan fingerprint density at radius 2 is 1.79 bits per heavy atom. The van der Waals surface area contributed by atoms with E-state index < -0.39 is 12.1 Å². The lowest BCUT2D eigenvalue weighted by Gasteiger charge is -2.24. The summed E-state index contributed by atoms with van der Waals surface area (Å²) in [6.45, 7) is 2.21. The van der Waals surface area contributed by atoms with Crippen LogP contribution in [0, 0.1) is 0 Å². The summed E-state index contributed by atoms with van der Waals surface area (Å²) in [5.74, 6) is 0.0989. The molecule has 28 heavy (non-hydrogen) atoms. The van der Waals surface area contributed by atoms with Crippen LogP contribution in [0.15, 0.2) is 59.4 Å². The predicted molar refractivity (Wildman–Crippen MR) is 104 cm³/mol. The zero-order valence-corrected chi connectivity index (χ0v) is 15.5. The van der Waals surface area contributed by atoms with E-state index in [1.165, 1.54) is 4.68 Å². The van der Waals surface area contributed by atoms with Crippen LogP contribution in [0.4, 0.5) is 0 Å². The number of fused-ring (bicyclic) bond motifs is 2. The van der Waals surface area contributed by atoms with Crippen molar-refractivity contribution >= 4 is 16.9 Å². The largest absolute Gasteiger partial charge is 0.463 e. The lowest BCUT2D eigenvalue weighted by Crippen LogP contribution is -2.36. The monoisotopic (exact) mass is 379 g/mol. The van der Waals surface area contributed by atoms with Crippen LogP contribution in [0.1, 0.15) is 36.9 Å². The molecule has 1 aliphatic heterocycles. The van der Waals surface area contributed by atoms with Gasteiger partial charge in [0, 0.05) is 0 Å². The van der Waals surface area contributed by atoms with Crippen molar-refractivity contribution in [2.75, 3.05) is 18.6 Å². The molecule has 0 spiro atoms. The summed E-state index contributed by atoms with van der Waals surface area (Å²) < 4.78 is 12.4. The van der Waals surface area contributed by atoms with Crippen molar-refractivity contribution in [1.82, 2.24) is 9.66 Å². The zero-order chi connectivity index (χ0) is 19.5. The van der Waals surface area contributed by atoms with Gasteiger partial charge in [0.2, 0.25) is 0 Å². The SMILES string of the molecule is C[C@H]1OCCOC(=O)CC(c2ccccc2)Nn2c1nc1ccccc1c2=O. The fourth-order valence-corrected chi connectivity index (χ4v) is 3.31. The number of nitrogens with zero attached hydrogens (tertiary/aromatic N) is 2. The number of hydrogen-bond donors (Lipinski definition) is 1. The summed E-state index contributed by atoms with van der Waals surface area (Å²) in [5.41, 5.74) is 4.44. The van der Waals surface area contributed by atoms with Crippen molar-refractivity contribution < 1.29 is 14.3 Å². The number of cyclic esters (lactones) is 1. The van der Waals surface area contributed by atoms with Crippen LogP contribution in [0.2, 0.25) is 0 Å². The normalized spacial score (nSPS) is 20.5. The molecule has 1 aliphatic rings. The van der Waals surface area contributed by atoms with Gasteiger partial charge in [0.05, 0.1) is 30.0 Å². The van der Waals surface area contributed by atoms with Gasteiger partial charge >= 0.3 is 5.97 Å². The molecule has 7 heteroatoms. The molecule has 0 amide bonds. The second-order valence-electron chi connectivity index (χ2n) is 6.66. The third-order valence-electron chi connectivity index (χ3n) is 4.74. The highest BCUT2D eigenvalue weighted by Crippen LogP contribution is 2.22. The van der Waals surface area contributed by atoms with Gasteiger partial charge in [0.1, 0.15) is 12.7 Å². The van der Waals surface area contributed by atoms with E-state index in [4.69, 9.17) is 9.47 Å². The van der Waals surface area contributed by atoms with Crippen molar-refractivity contribution in [3.05, 3.63) is 76.3 Å². The molecular weight excluding hydrogens is 358 g/mol. The van der Waals surface area contributed by atoms with Crippen molar-refractivity contribution in [3.8, 4) is 0 Å². The Morgan fingerprint density at radius 3 is 2.61 bits per heavy atom. The second-order valence-corrected chi connectivity index (χ2v) is 6.66. The molecule has 1 aromatic heterocycles. The van der Waals surface area contributed by atoms with Gasteiger partial charge in [0.25, 0.3) is 5.56 Å². The fraction of sp³-hybridized carbons (Fsp3) is 0.286. The van der Waals surface area contributed by atoms with Crippen molar-refractivity contribution in [2.24, 2.45) is 0 Å². The molecule has 0 fully saturated rings. The molecule has 7 nitrogen and oxygen atoms in total. The highest BCUT2D eigenvalue weighted by molar-refractivity contribution is 5.77. The molecule has 3 aromatic rings. The van der Waals surface area contributed by atoms with Gasteiger partial charge in [-0.2, -0.15) is 0 Å². The number of carbonyl (C=O) groups excluding carboxylic acids is 1. The maximum Gasteiger partial charge on any atom is 0.308 e. The third-order valence-corrected chi connectivity index (χ3v) is 4.74. The molecule has 0 aliphatic carbocycles. The van der Waals surface area contributed by atoms with E-state index in [1.54, 1.807) is 18.2 Å². The highest BCUT2D eigenvalue weighted by atomic mass is 16.6. The standard InChI is InChI=1S/C21H21N3O4/c1-14-20-22-17-10-6-5-9-16(17)21(26)24(20)23-18(15-7-3-2-4-8-15)13-19(25)28-12-11-27-14/h2-10,14,18,23H,11-13H2,1H3/t14-,18?/m1/s1. The average Bonchev–Trinajstić information content (AvgIpc) is 2.75. The van der Waals surface area contributed by atoms with E-state index in [0.717, 1.165) is 5.56 Å². The second kappa shape index (κ2) is 7.82. The maximum absolute atomic E-state index is 13.2. The molecule has 2 atom stereocenters. The summed E-state index contributed by atoms with van der Waals surface area (Å²) in [6, 6.07) is 16.2. The smallest absolute Gasteiger partial charge is 0.308 e. The Morgan fingerprint density at radius 1 is 1.04 bits per heavy atom. The minimum atomic E-state index is -0.460. The van der Waals surface area contributed by atoms with E-state index in [1.807, 2.05) is 43.3 Å². The first-order valence-corrected chi connectivity index (χ1v) is 9.24. The minimum absolute atomic E-state index is 0.0805. The van der Waals surface area contributed by atoms with E-state index in [-0.39, 0.29) is 31.2 Å². The van der Waals surface area contributed by atoms with Gasteiger partial charge in [-0.1, -0.05) is 42.5 Å². The molecule has 2 aromatic carbocycles. The van der Waals surface area contributed by atoms with Crippen molar-refractivity contribution in [3.63, 3.8) is 0 Å². The maximum atomic E-state index is 13.2. The van der Waals surface area contributed by atoms with Gasteiger partial charge in [-0.15, -0.1) is 0 Å². The Hall–Kier alpha value is -3.19. The molecule has 1 N–H and O–H groups in total. The molecule has 0 bridgehead atoms. The Balaban J connectivity index is 1.87. The zero-order valence-electron chi connectivity index (χ0n) is 15.5. The molecule has 0 radical (unpaired) electrons. The number of ether oxygens (including phenoxy) is 2. The lowest BCUT2D eigenvalue weighted by molar-refractivity contribution is -0.146. The minimum Gasteiger partial charge on any atom is -0.463 e. The molecule has 144 valence electrons. The summed E-state index contributed by atoms with van der Waals surface area (Å²) in [4.78, 5) is 30.1. The van der Waals surface area contributed by atoms with Crippen LogP contribution in [-0.4, -0.2) is 28.8 Å². The van der Waals surface area contributed by atoms with Gasteiger partial charge < -0.3 is 14.9 Å². The molecule has 2 heterocycles. The number of nitrogens with one attached hydrogen (secondary N) is 1. The molecule has 4 rings (SSSR count). The quantitative estimate of drug-likeness (QED) is 0.655. The first kappa shape index (κ1) is 18.2. The van der Waals surface area contributed by atoms with Crippen LogP contribution < -0.4 is 11.0 Å². The highest BCUT2D eigenvalue weighted by Gasteiger charge is 2.24. The molecular formula is C21H21N3O4. The number of hydrogen-bond acceptors (Lipinski definition) is 6. The third kappa shape index (κ3) is 3.61. The van der Waals surface area contributed by atoms with Gasteiger partial charge in [-0.25, -0.2) is 9.66 Å². The summed E-state index contributed by atoms with van der Waals surface area (Å²) in [6.07, 6.45) is -0.380. The average molecular weight is 379 g/mol. The van der Waals surface area contributed by atoms with Crippen molar-refractivity contribution in [2.45, 2.75) is 25.5 Å². The Kier molecular flexibility index (Phi) is 5.08. The molecule has 0 saturated heterocycles. The number of rotatable bonds is 1. The number of esters is 1. The first-order valence-electron chi connectivity index (χ1n) is 9.24. The number of aromatic nitrogens is 2. The van der Waals surface area contributed by atoms with E-state index >= 15 is 0 Å². The number of carbonyl (C=O) groups is 1. The van der Waals surface area contributed by atoms with Crippen LogP contribution in [-0.2, 0) is 14.3 Å².